The van der Waals surface area contributed by atoms with Crippen LogP contribution in [-0.2, 0) is 33.4 Å². The van der Waals surface area contributed by atoms with Crippen molar-refractivity contribution in [2.24, 2.45) is 5.41 Å². The van der Waals surface area contributed by atoms with Crippen LogP contribution in [0.25, 0.3) is 0 Å². The van der Waals surface area contributed by atoms with Crippen LogP contribution in [0.3, 0.4) is 0 Å². The number of carboxylic acid groups (broad SMARTS) is 1. The van der Waals surface area contributed by atoms with Crippen molar-refractivity contribution >= 4 is 28.0 Å². The largest absolute Gasteiger partial charge is 0.479 e. The number of carbonyl (C=O) groups excluding carboxylic acids is 2. The van der Waals surface area contributed by atoms with Gasteiger partial charge >= 0.3 is 11.9 Å². The Morgan fingerprint density at radius 2 is 1.79 bits per heavy atom. The molecule has 10 nitrogen and oxygen atoms in total. The van der Waals surface area contributed by atoms with Gasteiger partial charge in [0.05, 0.1) is 18.5 Å². The van der Waals surface area contributed by atoms with Crippen LogP contribution in [0.5, 0.6) is 0 Å². The van der Waals surface area contributed by atoms with E-state index in [1.54, 1.807) is 0 Å². The predicted octanol–water partition coefficient (Wildman–Crippen LogP) is 0.823. The molecule has 0 aromatic rings. The highest BCUT2D eigenvalue weighted by Crippen LogP contribution is 2.32. The summed E-state index contributed by atoms with van der Waals surface area (Å²) >= 11 is 0. The maximum Gasteiger partial charge on any atom is 0.333 e. The number of nitrogens with one attached hydrogen (secondary N) is 1. The summed E-state index contributed by atoms with van der Waals surface area (Å²) in [7, 11) is -4.05. The predicted molar refractivity (Wildman–Crippen MR) is 104 cm³/mol. The molecule has 0 spiro atoms. The second-order valence-electron chi connectivity index (χ2n) is 7.36. The third-order valence-electron chi connectivity index (χ3n) is 4.30. The molecule has 29 heavy (non-hydrogen) atoms. The minimum atomic E-state index is -4.05. The zero-order valence-electron chi connectivity index (χ0n) is 17.5. The number of aliphatic carboxylic acids is 1. The Labute approximate surface area is 172 Å². The van der Waals surface area contributed by atoms with Gasteiger partial charge in [-0.1, -0.05) is 20.8 Å². The van der Waals surface area contributed by atoms with Gasteiger partial charge in [-0.3, -0.25) is 13.8 Å². The molecular formula is C18H33NO9S. The summed E-state index contributed by atoms with van der Waals surface area (Å²) in [6.45, 7) is 6.11. The lowest BCUT2D eigenvalue weighted by atomic mass is 9.79. The molecule has 0 saturated heterocycles. The maximum absolute atomic E-state index is 12.3. The number of aliphatic hydroxyl groups excluding tert-OH is 1. The lowest BCUT2D eigenvalue weighted by Gasteiger charge is -2.35. The monoisotopic (exact) mass is 439 g/mol. The van der Waals surface area contributed by atoms with Gasteiger partial charge in [-0.2, -0.15) is 8.42 Å². The number of amides is 1. The van der Waals surface area contributed by atoms with Crippen LogP contribution in [-0.4, -0.2) is 67.6 Å². The second-order valence-corrected chi connectivity index (χ2v) is 9.07. The summed E-state index contributed by atoms with van der Waals surface area (Å²) < 4.78 is 34.9. The summed E-state index contributed by atoms with van der Waals surface area (Å²) in [4.78, 5) is 33.5. The van der Waals surface area contributed by atoms with Crippen molar-refractivity contribution in [1.82, 2.24) is 5.32 Å². The molecule has 1 amide bonds. The number of ether oxygens (including phenoxy) is 1. The van der Waals surface area contributed by atoms with Gasteiger partial charge in [-0.05, 0) is 25.7 Å². The number of rotatable bonds is 15. The smallest absolute Gasteiger partial charge is 0.333 e. The van der Waals surface area contributed by atoms with Gasteiger partial charge in [0.15, 0.2) is 6.10 Å². The molecule has 0 aliphatic heterocycles. The van der Waals surface area contributed by atoms with E-state index in [-0.39, 0.29) is 56.5 Å². The lowest BCUT2D eigenvalue weighted by molar-refractivity contribution is -0.158. The Morgan fingerprint density at radius 1 is 1.17 bits per heavy atom. The molecule has 0 heterocycles. The Morgan fingerprint density at radius 3 is 2.31 bits per heavy atom. The third kappa shape index (κ3) is 11.1. The van der Waals surface area contributed by atoms with E-state index in [0.717, 1.165) is 0 Å². The van der Waals surface area contributed by atoms with E-state index in [1.165, 1.54) is 20.8 Å². The third-order valence-corrected chi connectivity index (χ3v) is 5.62. The van der Waals surface area contributed by atoms with Crippen molar-refractivity contribution in [2.75, 3.05) is 18.9 Å². The Bertz CT molecular complexity index is 646. The summed E-state index contributed by atoms with van der Waals surface area (Å²) in [6.07, 6.45) is -1.69. The Hall–Kier alpha value is -1.72. The van der Waals surface area contributed by atoms with Crippen molar-refractivity contribution in [3.8, 4) is 0 Å². The van der Waals surface area contributed by atoms with Crippen LogP contribution in [0.2, 0.25) is 0 Å². The highest BCUT2D eigenvalue weighted by atomic mass is 32.2. The summed E-state index contributed by atoms with van der Waals surface area (Å²) in [6, 6.07) is 0. The standard InChI is InChI=1S/C18H33NO9S/c1-5-8-15(21)27-11-6-9-14(18(3,4)16(22)17(23)24)28-29(25,26)12-7-10-19-13(2)20/h14,16,22H,5-12H2,1-4H3,(H,19,20)(H,23,24)/t14?,16-/m0/s1. The van der Waals surface area contributed by atoms with E-state index in [1.807, 2.05) is 6.92 Å². The average Bonchev–Trinajstić information content (AvgIpc) is 2.60. The van der Waals surface area contributed by atoms with E-state index >= 15 is 0 Å². The molecule has 170 valence electrons. The van der Waals surface area contributed by atoms with Crippen LogP contribution in [0.4, 0.5) is 0 Å². The molecule has 2 atom stereocenters. The molecule has 0 aliphatic carbocycles. The molecule has 0 aromatic carbocycles. The molecule has 0 saturated carbocycles. The van der Waals surface area contributed by atoms with Crippen molar-refractivity contribution in [2.45, 2.75) is 72.0 Å². The number of hydrogen-bond acceptors (Lipinski definition) is 8. The van der Waals surface area contributed by atoms with Gasteiger partial charge in [-0.25, -0.2) is 4.79 Å². The average molecular weight is 440 g/mol. The van der Waals surface area contributed by atoms with E-state index < -0.39 is 33.7 Å². The zero-order valence-corrected chi connectivity index (χ0v) is 18.3. The lowest BCUT2D eigenvalue weighted by Crippen LogP contribution is -2.47. The maximum atomic E-state index is 12.3. The van der Waals surface area contributed by atoms with Gasteiger partial charge in [0.25, 0.3) is 10.1 Å². The summed E-state index contributed by atoms with van der Waals surface area (Å²) in [5, 5.41) is 21.6. The van der Waals surface area contributed by atoms with Crippen LogP contribution in [0, 0.1) is 5.41 Å². The number of esters is 1. The van der Waals surface area contributed by atoms with Crippen LogP contribution in [0.1, 0.15) is 59.8 Å². The number of carbonyl (C=O) groups is 3. The number of hydrogen-bond donors (Lipinski definition) is 3. The molecule has 0 bridgehead atoms. The first kappa shape index (κ1) is 27.3. The first-order valence-corrected chi connectivity index (χ1v) is 11.1. The topological polar surface area (TPSA) is 156 Å². The molecule has 11 heteroatoms. The molecule has 0 aromatic heterocycles. The first-order chi connectivity index (χ1) is 13.3. The fraction of sp³-hybridized carbons (Fsp3) is 0.833. The minimum absolute atomic E-state index is 0.0283. The fourth-order valence-electron chi connectivity index (χ4n) is 2.51. The van der Waals surface area contributed by atoms with Crippen molar-refractivity contribution < 1.29 is 41.9 Å². The Balaban J connectivity index is 5.05. The number of carboxylic acids is 1. The molecular weight excluding hydrogens is 406 g/mol. The highest BCUT2D eigenvalue weighted by Gasteiger charge is 2.43. The van der Waals surface area contributed by atoms with E-state index in [9.17, 15) is 27.9 Å². The molecule has 0 fully saturated rings. The van der Waals surface area contributed by atoms with Crippen molar-refractivity contribution in [3.05, 3.63) is 0 Å². The van der Waals surface area contributed by atoms with Crippen molar-refractivity contribution in [1.29, 1.82) is 0 Å². The van der Waals surface area contributed by atoms with Gasteiger partial charge in [-0.15, -0.1) is 0 Å². The second kappa shape index (κ2) is 12.8. The van der Waals surface area contributed by atoms with E-state index in [0.29, 0.717) is 6.42 Å². The van der Waals surface area contributed by atoms with Crippen LogP contribution >= 0.6 is 0 Å². The van der Waals surface area contributed by atoms with Gasteiger partial charge < -0.3 is 20.3 Å². The summed E-state index contributed by atoms with van der Waals surface area (Å²) in [5.74, 6) is -2.54. The quantitative estimate of drug-likeness (QED) is 0.191. The molecule has 1 unspecified atom stereocenters. The molecule has 3 N–H and O–H groups in total. The van der Waals surface area contributed by atoms with Gasteiger partial charge in [0.2, 0.25) is 5.91 Å². The molecule has 0 aliphatic rings. The van der Waals surface area contributed by atoms with Crippen molar-refractivity contribution in [3.63, 3.8) is 0 Å². The van der Waals surface area contributed by atoms with Gasteiger partial charge in [0, 0.05) is 25.3 Å². The van der Waals surface area contributed by atoms with Crippen LogP contribution < -0.4 is 5.32 Å². The summed E-state index contributed by atoms with van der Waals surface area (Å²) in [5.41, 5.74) is -1.43. The van der Waals surface area contributed by atoms with E-state index in [4.69, 9.17) is 14.0 Å². The minimum Gasteiger partial charge on any atom is -0.479 e. The Kier molecular flexibility index (Phi) is 12.0. The molecule has 0 radical (unpaired) electrons. The highest BCUT2D eigenvalue weighted by molar-refractivity contribution is 7.86. The fourth-order valence-corrected chi connectivity index (χ4v) is 3.80. The SMILES string of the molecule is CCCC(=O)OCCCC(OS(=O)(=O)CCCNC(C)=O)C(C)(C)[C@@H](O)C(=O)O. The normalized spacial score (nSPS) is 14.1. The van der Waals surface area contributed by atoms with E-state index in [2.05, 4.69) is 5.32 Å². The van der Waals surface area contributed by atoms with Crippen LogP contribution in [0.15, 0.2) is 0 Å². The first-order valence-electron chi connectivity index (χ1n) is 9.55. The molecule has 0 rings (SSSR count). The van der Waals surface area contributed by atoms with Gasteiger partial charge in [0.1, 0.15) is 0 Å². The number of aliphatic hydroxyl groups is 1. The zero-order chi connectivity index (χ0) is 22.7.